The second-order valence-corrected chi connectivity index (χ2v) is 11.0. The summed E-state index contributed by atoms with van der Waals surface area (Å²) in [5.41, 5.74) is 0.648. The molecule has 0 saturated heterocycles. The predicted octanol–water partition coefficient (Wildman–Crippen LogP) is 3.22. The van der Waals surface area contributed by atoms with E-state index in [-0.39, 0.29) is 6.09 Å². The summed E-state index contributed by atoms with van der Waals surface area (Å²) in [6, 6.07) is 10.1. The summed E-state index contributed by atoms with van der Waals surface area (Å²) in [5, 5.41) is 0. The van der Waals surface area contributed by atoms with E-state index in [0.717, 1.165) is 5.56 Å². The van der Waals surface area contributed by atoms with Crippen LogP contribution < -0.4 is 0 Å². The fourth-order valence-electron chi connectivity index (χ4n) is 3.38. The Morgan fingerprint density at radius 2 is 0.804 bits per heavy atom. The minimum atomic E-state index is -0.508. The Hall–Kier alpha value is -1.91. The smallest absolute Gasteiger partial charge is 0.410 e. The van der Waals surface area contributed by atoms with Crippen LogP contribution in [-0.2, 0) is 58.7 Å². The van der Waals surface area contributed by atoms with Crippen molar-refractivity contribution < 1.29 is 56.9 Å². The van der Waals surface area contributed by atoms with Crippen LogP contribution in [0.1, 0.15) is 26.3 Å². The van der Waals surface area contributed by atoms with Crippen molar-refractivity contribution in [3.05, 3.63) is 35.9 Å². The molecule has 0 aliphatic rings. The van der Waals surface area contributed by atoms with Crippen LogP contribution in [0.3, 0.4) is 0 Å². The number of carbonyl (C=O) groups excluding carboxylic acids is 1. The molecular formula is C33H59NO12. The molecule has 13 nitrogen and oxygen atoms in total. The maximum absolute atomic E-state index is 11.9. The molecule has 0 aliphatic carbocycles. The summed E-state index contributed by atoms with van der Waals surface area (Å²) in [4.78, 5) is 13.3. The van der Waals surface area contributed by atoms with Crippen molar-refractivity contribution in [2.24, 2.45) is 0 Å². The van der Waals surface area contributed by atoms with Gasteiger partial charge in [0.05, 0.1) is 132 Å². The minimum Gasteiger partial charge on any atom is -0.444 e. The van der Waals surface area contributed by atoms with Crippen LogP contribution in [0.5, 0.6) is 0 Å². The molecule has 1 aromatic carbocycles. The summed E-state index contributed by atoms with van der Waals surface area (Å²) in [6.45, 7) is 16.0. The molecule has 0 bridgehead atoms. The highest BCUT2D eigenvalue weighted by atomic mass is 16.6. The van der Waals surface area contributed by atoms with E-state index >= 15 is 0 Å². The zero-order valence-corrected chi connectivity index (χ0v) is 28.6. The lowest BCUT2D eigenvalue weighted by Gasteiger charge is -2.24. The van der Waals surface area contributed by atoms with E-state index in [0.29, 0.717) is 139 Å². The molecular weight excluding hydrogens is 602 g/mol. The van der Waals surface area contributed by atoms with Crippen molar-refractivity contribution in [2.45, 2.75) is 33.0 Å². The van der Waals surface area contributed by atoms with Gasteiger partial charge in [0.15, 0.2) is 0 Å². The van der Waals surface area contributed by atoms with Gasteiger partial charge in [-0.25, -0.2) is 4.79 Å². The van der Waals surface area contributed by atoms with Gasteiger partial charge in [0.25, 0.3) is 0 Å². The van der Waals surface area contributed by atoms with Gasteiger partial charge in [-0.05, 0) is 26.3 Å². The lowest BCUT2D eigenvalue weighted by atomic mass is 10.2. The van der Waals surface area contributed by atoms with Gasteiger partial charge in [0.2, 0.25) is 0 Å². The van der Waals surface area contributed by atoms with Gasteiger partial charge >= 0.3 is 6.09 Å². The number of ether oxygens (including phenoxy) is 11. The Morgan fingerprint density at radius 3 is 1.13 bits per heavy atom. The van der Waals surface area contributed by atoms with Gasteiger partial charge in [0.1, 0.15) is 5.60 Å². The number of benzene rings is 1. The van der Waals surface area contributed by atoms with Crippen molar-refractivity contribution in [3.63, 3.8) is 0 Å². The zero-order valence-electron chi connectivity index (χ0n) is 28.6. The first-order valence-electron chi connectivity index (χ1n) is 16.1. The van der Waals surface area contributed by atoms with Crippen LogP contribution in [0.15, 0.2) is 30.3 Å². The van der Waals surface area contributed by atoms with Gasteiger partial charge < -0.3 is 57.0 Å². The highest BCUT2D eigenvalue weighted by Gasteiger charge is 2.19. The molecule has 0 fully saturated rings. The predicted molar refractivity (Wildman–Crippen MR) is 172 cm³/mol. The topological polar surface area (TPSA) is 122 Å². The summed E-state index contributed by atoms with van der Waals surface area (Å²) >= 11 is 0. The lowest BCUT2D eigenvalue weighted by Crippen LogP contribution is -2.36. The monoisotopic (exact) mass is 661 g/mol. The SMILES string of the molecule is CN(CCOCCOCCOCCOCCOCCOCCOCCOCCOCCOCc1ccccc1)C(=O)OC(C)(C)C. The largest absolute Gasteiger partial charge is 0.444 e. The molecule has 0 radical (unpaired) electrons. The van der Waals surface area contributed by atoms with E-state index in [9.17, 15) is 4.79 Å². The molecule has 0 aliphatic heterocycles. The number of rotatable bonds is 32. The lowest BCUT2D eigenvalue weighted by molar-refractivity contribution is -0.0269. The summed E-state index contributed by atoms with van der Waals surface area (Å²) < 4.78 is 60.2. The molecule has 1 aromatic rings. The van der Waals surface area contributed by atoms with Crippen molar-refractivity contribution in [3.8, 4) is 0 Å². The van der Waals surface area contributed by atoms with Crippen LogP contribution in [0.25, 0.3) is 0 Å². The number of nitrogens with zero attached hydrogens (tertiary/aromatic N) is 1. The molecule has 0 atom stereocenters. The summed E-state index contributed by atoms with van der Waals surface area (Å²) in [6.07, 6.45) is -0.363. The Morgan fingerprint density at radius 1 is 0.500 bits per heavy atom. The van der Waals surface area contributed by atoms with E-state index in [4.69, 9.17) is 52.1 Å². The first-order chi connectivity index (χ1) is 22.4. The number of hydrogen-bond acceptors (Lipinski definition) is 12. The Bertz CT molecular complexity index is 797. The molecule has 0 N–H and O–H groups in total. The Kier molecular flexibility index (Phi) is 27.9. The van der Waals surface area contributed by atoms with Crippen LogP contribution in [0.4, 0.5) is 4.79 Å². The van der Waals surface area contributed by atoms with Crippen molar-refractivity contribution in [2.75, 3.05) is 139 Å². The highest BCUT2D eigenvalue weighted by molar-refractivity contribution is 5.67. The van der Waals surface area contributed by atoms with Gasteiger partial charge in [-0.1, -0.05) is 30.3 Å². The number of hydrogen-bond donors (Lipinski definition) is 0. The van der Waals surface area contributed by atoms with Crippen LogP contribution in [0.2, 0.25) is 0 Å². The number of amides is 1. The van der Waals surface area contributed by atoms with E-state index in [1.807, 2.05) is 51.1 Å². The average Bonchev–Trinajstić information content (AvgIpc) is 3.03. The van der Waals surface area contributed by atoms with Crippen molar-refractivity contribution in [1.29, 1.82) is 0 Å². The normalized spacial score (nSPS) is 11.7. The number of carbonyl (C=O) groups is 1. The zero-order chi connectivity index (χ0) is 33.4. The maximum atomic E-state index is 11.9. The minimum absolute atomic E-state index is 0.363. The third-order valence-electron chi connectivity index (χ3n) is 5.74. The second kappa shape index (κ2) is 30.4. The first kappa shape index (κ1) is 42.1. The van der Waals surface area contributed by atoms with E-state index in [1.165, 1.54) is 4.90 Å². The highest BCUT2D eigenvalue weighted by Crippen LogP contribution is 2.08. The molecule has 0 aromatic heterocycles. The van der Waals surface area contributed by atoms with Gasteiger partial charge in [-0.3, -0.25) is 0 Å². The Labute approximate surface area is 275 Å². The molecule has 0 spiro atoms. The standard InChI is InChI=1S/C33H59NO12/c1-33(2,3)46-32(35)34(4)10-11-36-12-13-37-14-15-38-16-17-39-18-19-40-20-21-41-22-23-42-24-25-43-26-27-44-28-29-45-30-31-8-6-5-7-9-31/h5-9H,10-30H2,1-4H3. The third-order valence-corrected chi connectivity index (χ3v) is 5.74. The van der Waals surface area contributed by atoms with E-state index in [1.54, 1.807) is 7.05 Å². The van der Waals surface area contributed by atoms with Crippen molar-refractivity contribution in [1.82, 2.24) is 4.90 Å². The molecule has 268 valence electrons. The van der Waals surface area contributed by atoms with Gasteiger partial charge in [-0.15, -0.1) is 0 Å². The second-order valence-electron chi connectivity index (χ2n) is 11.0. The van der Waals surface area contributed by atoms with Crippen LogP contribution >= 0.6 is 0 Å². The van der Waals surface area contributed by atoms with Crippen molar-refractivity contribution >= 4 is 6.09 Å². The molecule has 13 heteroatoms. The third kappa shape index (κ3) is 29.5. The first-order valence-corrected chi connectivity index (χ1v) is 16.1. The van der Waals surface area contributed by atoms with Crippen LogP contribution in [0, 0.1) is 0 Å². The summed E-state index contributed by atoms with van der Waals surface area (Å²) in [5.74, 6) is 0. The van der Waals surface area contributed by atoms with Crippen LogP contribution in [-0.4, -0.2) is 156 Å². The van der Waals surface area contributed by atoms with E-state index in [2.05, 4.69) is 0 Å². The Balaban J connectivity index is 1.66. The molecule has 0 heterocycles. The molecule has 46 heavy (non-hydrogen) atoms. The molecule has 1 rings (SSSR count). The maximum Gasteiger partial charge on any atom is 0.410 e. The van der Waals surface area contributed by atoms with Gasteiger partial charge in [-0.2, -0.15) is 0 Å². The molecule has 0 unspecified atom stereocenters. The summed E-state index contributed by atoms with van der Waals surface area (Å²) in [7, 11) is 1.68. The fraction of sp³-hybridized carbons (Fsp3) is 0.788. The molecule has 1 amide bonds. The average molecular weight is 662 g/mol. The van der Waals surface area contributed by atoms with Gasteiger partial charge in [0, 0.05) is 13.6 Å². The number of likely N-dealkylation sites (N-methyl/N-ethyl adjacent to an activating group) is 1. The van der Waals surface area contributed by atoms with E-state index < -0.39 is 5.60 Å². The fourth-order valence-corrected chi connectivity index (χ4v) is 3.38. The molecule has 0 saturated carbocycles. The quantitative estimate of drug-likeness (QED) is 0.105.